The number of ketones is 1. The number of halogens is 3. The van der Waals surface area contributed by atoms with Crippen molar-refractivity contribution in [2.75, 3.05) is 13.7 Å². The Kier molecular flexibility index (Phi) is 6.99. The van der Waals surface area contributed by atoms with Gasteiger partial charge in [0.25, 0.3) is 0 Å². The Morgan fingerprint density at radius 2 is 1.97 bits per heavy atom. The number of esters is 1. The minimum atomic E-state index is -4.82. The van der Waals surface area contributed by atoms with Crippen molar-refractivity contribution in [1.82, 2.24) is 14.1 Å². The number of nitrogens with zero attached hydrogens (tertiary/aromatic N) is 3. The monoisotopic (exact) mass is 487 g/mol. The molecule has 3 rings (SSSR count). The van der Waals surface area contributed by atoms with Crippen LogP contribution in [-0.4, -0.2) is 47.9 Å². The summed E-state index contributed by atoms with van der Waals surface area (Å²) >= 11 is 0. The quantitative estimate of drug-likeness (QED) is 0.439. The van der Waals surface area contributed by atoms with Gasteiger partial charge in [-0.25, -0.2) is 8.42 Å². The predicted octanol–water partition coefficient (Wildman–Crippen LogP) is 3.37. The van der Waals surface area contributed by atoms with E-state index in [9.17, 15) is 31.2 Å². The van der Waals surface area contributed by atoms with E-state index in [1.54, 1.807) is 6.92 Å². The summed E-state index contributed by atoms with van der Waals surface area (Å²) in [5.41, 5.74) is -0.303. The zero-order valence-corrected chi connectivity index (χ0v) is 19.2. The van der Waals surface area contributed by atoms with Gasteiger partial charge in [-0.2, -0.15) is 22.6 Å². The minimum absolute atomic E-state index is 0.123. The summed E-state index contributed by atoms with van der Waals surface area (Å²) in [6.45, 7) is 2.84. The summed E-state index contributed by atoms with van der Waals surface area (Å²) in [6, 6.07) is 1.44. The van der Waals surface area contributed by atoms with Crippen LogP contribution in [0, 0.1) is 0 Å². The molecule has 33 heavy (non-hydrogen) atoms. The highest BCUT2D eigenvalue weighted by atomic mass is 32.2. The molecule has 1 aromatic carbocycles. The highest BCUT2D eigenvalue weighted by Gasteiger charge is 2.37. The number of carbonyl (C=O) groups is 2. The fourth-order valence-corrected chi connectivity index (χ4v) is 5.33. The van der Waals surface area contributed by atoms with E-state index in [1.165, 1.54) is 17.9 Å². The standard InChI is InChI=1S/C21H24F3N3O5S/c1-4-32-20(29)12-27-19-7-5-6-18(17(19)11-25-27)26(3)33(30,31)16-9-14(13(2)28)8-15(10-16)21(22,23)24/h8-11,18H,4-7,12H2,1-3H3/t18-/m1/s1. The van der Waals surface area contributed by atoms with Crippen molar-refractivity contribution in [3.8, 4) is 0 Å². The van der Waals surface area contributed by atoms with Crippen LogP contribution < -0.4 is 0 Å². The lowest BCUT2D eigenvalue weighted by atomic mass is 9.93. The molecule has 0 aliphatic heterocycles. The second-order valence-corrected chi connectivity index (χ2v) is 9.74. The van der Waals surface area contributed by atoms with Crippen LogP contribution >= 0.6 is 0 Å². The van der Waals surface area contributed by atoms with E-state index in [-0.39, 0.29) is 18.7 Å². The molecule has 0 amide bonds. The molecule has 0 saturated heterocycles. The van der Waals surface area contributed by atoms with Gasteiger partial charge >= 0.3 is 12.1 Å². The molecule has 8 nitrogen and oxygen atoms in total. The number of fused-ring (bicyclic) bond motifs is 1. The first-order valence-electron chi connectivity index (χ1n) is 10.3. The lowest BCUT2D eigenvalue weighted by molar-refractivity contribution is -0.144. The van der Waals surface area contributed by atoms with Gasteiger partial charge in [-0.1, -0.05) is 0 Å². The molecule has 0 unspecified atom stereocenters. The number of rotatable bonds is 7. The molecule has 0 bridgehead atoms. The van der Waals surface area contributed by atoms with Crippen molar-refractivity contribution in [2.24, 2.45) is 0 Å². The van der Waals surface area contributed by atoms with Crippen LogP contribution in [0.2, 0.25) is 0 Å². The average Bonchev–Trinajstić information content (AvgIpc) is 3.15. The molecule has 0 N–H and O–H groups in total. The van der Waals surface area contributed by atoms with Gasteiger partial charge in [-0.05, 0) is 51.3 Å². The molecule has 2 aromatic rings. The Hall–Kier alpha value is -2.73. The molecule has 1 aliphatic rings. The van der Waals surface area contributed by atoms with Gasteiger partial charge in [0.15, 0.2) is 5.78 Å². The number of aromatic nitrogens is 2. The molecule has 1 aromatic heterocycles. The number of ether oxygens (including phenoxy) is 1. The zero-order chi connectivity index (χ0) is 24.6. The normalized spacial score (nSPS) is 16.5. The smallest absolute Gasteiger partial charge is 0.416 e. The number of Topliss-reactive ketones (excluding diaryl/α,β-unsaturated/α-hetero) is 1. The molecular weight excluding hydrogens is 463 g/mol. The molecule has 1 aliphatic carbocycles. The van der Waals surface area contributed by atoms with E-state index < -0.39 is 44.5 Å². The van der Waals surface area contributed by atoms with Gasteiger partial charge in [0.1, 0.15) is 6.54 Å². The molecule has 0 spiro atoms. The van der Waals surface area contributed by atoms with Crippen molar-refractivity contribution in [1.29, 1.82) is 0 Å². The summed E-state index contributed by atoms with van der Waals surface area (Å²) in [5.74, 6) is -1.16. The number of sulfonamides is 1. The molecule has 180 valence electrons. The van der Waals surface area contributed by atoms with Crippen molar-refractivity contribution in [3.05, 3.63) is 46.8 Å². The highest BCUT2D eigenvalue weighted by Crippen LogP contribution is 2.38. The van der Waals surface area contributed by atoms with Crippen LogP contribution in [0.25, 0.3) is 0 Å². The van der Waals surface area contributed by atoms with Crippen molar-refractivity contribution in [2.45, 2.75) is 56.8 Å². The summed E-state index contributed by atoms with van der Waals surface area (Å²) in [4.78, 5) is 23.0. The van der Waals surface area contributed by atoms with Gasteiger partial charge in [-0.3, -0.25) is 14.3 Å². The molecule has 0 fully saturated rings. The first kappa shape index (κ1) is 24.9. The van der Waals surface area contributed by atoms with Crippen LogP contribution in [-0.2, 0) is 38.7 Å². The van der Waals surface area contributed by atoms with Crippen molar-refractivity contribution >= 4 is 21.8 Å². The van der Waals surface area contributed by atoms with E-state index in [4.69, 9.17) is 4.74 Å². The fraction of sp³-hybridized carbons (Fsp3) is 0.476. The van der Waals surface area contributed by atoms with Gasteiger partial charge in [0.05, 0.1) is 29.3 Å². The predicted molar refractivity (Wildman–Crippen MR) is 111 cm³/mol. The Labute approximate surface area is 189 Å². The lowest BCUT2D eigenvalue weighted by Crippen LogP contribution is -2.34. The van der Waals surface area contributed by atoms with E-state index >= 15 is 0 Å². The van der Waals surface area contributed by atoms with Gasteiger partial charge < -0.3 is 4.74 Å². The second-order valence-electron chi connectivity index (χ2n) is 7.74. The summed E-state index contributed by atoms with van der Waals surface area (Å²) < 4.78 is 74.1. The van der Waals surface area contributed by atoms with E-state index in [0.717, 1.165) is 17.3 Å². The topological polar surface area (TPSA) is 98.6 Å². The van der Waals surface area contributed by atoms with Crippen LogP contribution in [0.4, 0.5) is 13.2 Å². The summed E-state index contributed by atoms with van der Waals surface area (Å²) in [6.07, 6.45) is -1.77. The van der Waals surface area contributed by atoms with Gasteiger partial charge in [0.2, 0.25) is 10.0 Å². The Morgan fingerprint density at radius 3 is 2.58 bits per heavy atom. The summed E-state index contributed by atoms with van der Waals surface area (Å²) in [5, 5.41) is 4.19. The number of hydrogen-bond acceptors (Lipinski definition) is 6. The molecule has 1 heterocycles. The lowest BCUT2D eigenvalue weighted by Gasteiger charge is -2.31. The second kappa shape index (κ2) is 9.26. The summed E-state index contributed by atoms with van der Waals surface area (Å²) in [7, 11) is -3.11. The SMILES string of the molecule is CCOC(=O)Cn1ncc2c1CCC[C@H]2N(C)S(=O)(=O)c1cc(C(C)=O)cc(C(F)(F)F)c1. The van der Waals surface area contributed by atoms with Crippen molar-refractivity contribution < 1.29 is 35.9 Å². The molecule has 12 heteroatoms. The largest absolute Gasteiger partial charge is 0.465 e. The molecular formula is C21H24F3N3O5S. The maximum atomic E-state index is 13.3. The van der Waals surface area contributed by atoms with E-state index in [2.05, 4.69) is 5.10 Å². The Bertz CT molecular complexity index is 1170. The number of carbonyl (C=O) groups excluding carboxylic acids is 2. The molecule has 0 saturated carbocycles. The van der Waals surface area contributed by atoms with Gasteiger partial charge in [-0.15, -0.1) is 0 Å². The van der Waals surface area contributed by atoms with E-state index in [0.29, 0.717) is 42.7 Å². The molecule has 1 atom stereocenters. The number of alkyl halides is 3. The third-order valence-electron chi connectivity index (χ3n) is 5.57. The minimum Gasteiger partial charge on any atom is -0.465 e. The molecule has 0 radical (unpaired) electrons. The fourth-order valence-electron chi connectivity index (χ4n) is 3.89. The Morgan fingerprint density at radius 1 is 1.27 bits per heavy atom. The zero-order valence-electron chi connectivity index (χ0n) is 18.3. The van der Waals surface area contributed by atoms with Crippen LogP contribution in [0.1, 0.15) is 59.9 Å². The Balaban J connectivity index is 1.99. The number of hydrogen-bond donors (Lipinski definition) is 0. The first-order valence-corrected chi connectivity index (χ1v) is 11.7. The third-order valence-corrected chi connectivity index (χ3v) is 7.42. The van der Waals surface area contributed by atoms with Crippen molar-refractivity contribution in [3.63, 3.8) is 0 Å². The average molecular weight is 488 g/mol. The first-order chi connectivity index (χ1) is 15.4. The maximum absolute atomic E-state index is 13.3. The van der Waals surface area contributed by atoms with Crippen LogP contribution in [0.15, 0.2) is 29.3 Å². The number of benzene rings is 1. The van der Waals surface area contributed by atoms with E-state index in [1.807, 2.05) is 0 Å². The maximum Gasteiger partial charge on any atom is 0.416 e. The third kappa shape index (κ3) is 5.11. The van der Waals surface area contributed by atoms with Crippen LogP contribution in [0.5, 0.6) is 0 Å². The van der Waals surface area contributed by atoms with Crippen LogP contribution in [0.3, 0.4) is 0 Å². The van der Waals surface area contributed by atoms with Gasteiger partial charge in [0, 0.05) is 23.9 Å². The highest BCUT2D eigenvalue weighted by molar-refractivity contribution is 7.89.